The highest BCUT2D eigenvalue weighted by Gasteiger charge is 2.34. The third-order valence-corrected chi connectivity index (χ3v) is 3.74. The van der Waals surface area contributed by atoms with E-state index >= 15 is 0 Å². The molecule has 7 nitrogen and oxygen atoms in total. The van der Waals surface area contributed by atoms with Crippen LogP contribution in [0.1, 0.15) is 17.3 Å². The summed E-state index contributed by atoms with van der Waals surface area (Å²) in [5.74, 6) is -0.320. The minimum atomic E-state index is -0.530. The average Bonchev–Trinajstić information content (AvgIpc) is 2.89. The summed E-state index contributed by atoms with van der Waals surface area (Å²) in [6.45, 7) is 2.50. The molecule has 1 saturated heterocycles. The Hall–Kier alpha value is -1.99. The predicted molar refractivity (Wildman–Crippen MR) is 76.9 cm³/mol. The fourth-order valence-corrected chi connectivity index (χ4v) is 2.57. The number of ether oxygens (including phenoxy) is 2. The lowest BCUT2D eigenvalue weighted by atomic mass is 10.1. The summed E-state index contributed by atoms with van der Waals surface area (Å²) in [7, 11) is 3.23. The first-order valence-corrected chi connectivity index (χ1v) is 6.57. The number of nitro groups is 1. The molecule has 1 aliphatic rings. The van der Waals surface area contributed by atoms with Crippen LogP contribution in [0.4, 0.5) is 11.4 Å². The molecule has 2 atom stereocenters. The summed E-state index contributed by atoms with van der Waals surface area (Å²) in [5, 5.41) is 11.1. The van der Waals surface area contributed by atoms with Crippen molar-refractivity contribution >= 4 is 17.2 Å². The molecule has 0 spiro atoms. The largest absolute Gasteiger partial charge is 0.377 e. The zero-order chi connectivity index (χ0) is 15.6. The molecule has 1 aromatic rings. The molecule has 1 fully saturated rings. The Morgan fingerprint density at radius 2 is 1.86 bits per heavy atom. The maximum Gasteiger partial charge on any atom is 0.282 e. The number of carbonyl (C=O) groups is 1. The van der Waals surface area contributed by atoms with E-state index in [4.69, 9.17) is 9.47 Å². The second kappa shape index (κ2) is 6.19. The third-order valence-electron chi connectivity index (χ3n) is 3.74. The number of anilines is 1. The van der Waals surface area contributed by atoms with Gasteiger partial charge in [0, 0.05) is 39.1 Å². The van der Waals surface area contributed by atoms with Gasteiger partial charge in [-0.05, 0) is 19.1 Å². The zero-order valence-corrected chi connectivity index (χ0v) is 12.2. The van der Waals surface area contributed by atoms with Crippen molar-refractivity contribution in [2.75, 3.05) is 32.2 Å². The minimum absolute atomic E-state index is 0.0819. The SMILES string of the molecule is COC1CN(c2ccc(C(C)=O)c([N+](=O)[O-])c2)CC1OC. The van der Waals surface area contributed by atoms with Gasteiger partial charge in [-0.2, -0.15) is 0 Å². The third kappa shape index (κ3) is 3.03. The Kier molecular flexibility index (Phi) is 4.54. The highest BCUT2D eigenvalue weighted by Crippen LogP contribution is 2.29. The maximum absolute atomic E-state index is 11.4. The van der Waals surface area contributed by atoms with Gasteiger partial charge in [0.05, 0.1) is 10.5 Å². The summed E-state index contributed by atoms with van der Waals surface area (Å²) >= 11 is 0. The number of hydrogen-bond acceptors (Lipinski definition) is 6. The van der Waals surface area contributed by atoms with Crippen LogP contribution in [-0.4, -0.2) is 50.2 Å². The van der Waals surface area contributed by atoms with E-state index in [1.54, 1.807) is 20.3 Å². The number of nitrogens with zero attached hydrogens (tertiary/aromatic N) is 2. The number of nitro benzene ring substituents is 1. The quantitative estimate of drug-likeness (QED) is 0.466. The number of ketones is 1. The smallest absolute Gasteiger partial charge is 0.282 e. The molecule has 2 unspecified atom stereocenters. The van der Waals surface area contributed by atoms with Crippen molar-refractivity contribution in [3.05, 3.63) is 33.9 Å². The van der Waals surface area contributed by atoms with Crippen LogP contribution >= 0.6 is 0 Å². The second-order valence-electron chi connectivity index (χ2n) is 4.97. The maximum atomic E-state index is 11.4. The number of rotatable bonds is 5. The summed E-state index contributed by atoms with van der Waals surface area (Å²) in [5.41, 5.74) is 0.637. The Morgan fingerprint density at radius 3 is 2.29 bits per heavy atom. The van der Waals surface area contributed by atoms with Crippen LogP contribution in [0.2, 0.25) is 0 Å². The topological polar surface area (TPSA) is 81.9 Å². The van der Waals surface area contributed by atoms with Crippen molar-refractivity contribution in [1.82, 2.24) is 0 Å². The molecule has 7 heteroatoms. The van der Waals surface area contributed by atoms with E-state index in [1.807, 2.05) is 4.90 Å². The predicted octanol–water partition coefficient (Wildman–Crippen LogP) is 1.65. The Balaban J connectivity index is 2.31. The summed E-state index contributed by atoms with van der Waals surface area (Å²) in [6.07, 6.45) is -0.164. The Labute approximate surface area is 122 Å². The lowest BCUT2D eigenvalue weighted by Crippen LogP contribution is -2.27. The van der Waals surface area contributed by atoms with E-state index in [9.17, 15) is 14.9 Å². The first kappa shape index (κ1) is 15.4. The van der Waals surface area contributed by atoms with Crippen LogP contribution in [0.25, 0.3) is 0 Å². The van der Waals surface area contributed by atoms with Crippen LogP contribution in [-0.2, 0) is 9.47 Å². The molecule has 0 aliphatic carbocycles. The molecule has 0 aromatic heterocycles. The van der Waals surface area contributed by atoms with E-state index in [0.29, 0.717) is 18.8 Å². The van der Waals surface area contributed by atoms with Gasteiger partial charge in [-0.3, -0.25) is 14.9 Å². The monoisotopic (exact) mass is 294 g/mol. The highest BCUT2D eigenvalue weighted by atomic mass is 16.6. The summed E-state index contributed by atoms with van der Waals surface area (Å²) in [4.78, 5) is 24.0. The molecule has 21 heavy (non-hydrogen) atoms. The molecule has 2 rings (SSSR count). The van der Waals surface area contributed by atoms with E-state index in [0.717, 1.165) is 0 Å². The molecule has 0 bridgehead atoms. The molecule has 1 heterocycles. The van der Waals surface area contributed by atoms with Crippen LogP contribution < -0.4 is 4.90 Å². The fraction of sp³-hybridized carbons (Fsp3) is 0.500. The number of hydrogen-bond donors (Lipinski definition) is 0. The minimum Gasteiger partial charge on any atom is -0.377 e. The average molecular weight is 294 g/mol. The Bertz CT molecular complexity index is 548. The zero-order valence-electron chi connectivity index (χ0n) is 12.2. The summed E-state index contributed by atoms with van der Waals surface area (Å²) < 4.78 is 10.7. The lowest BCUT2D eigenvalue weighted by molar-refractivity contribution is -0.385. The molecule has 0 radical (unpaired) electrons. The van der Waals surface area contributed by atoms with Crippen LogP contribution in [0, 0.1) is 10.1 Å². The van der Waals surface area contributed by atoms with Crippen molar-refractivity contribution in [2.24, 2.45) is 0 Å². The van der Waals surface area contributed by atoms with Crippen molar-refractivity contribution in [2.45, 2.75) is 19.1 Å². The van der Waals surface area contributed by atoms with Gasteiger partial charge >= 0.3 is 0 Å². The first-order valence-electron chi connectivity index (χ1n) is 6.57. The number of benzene rings is 1. The number of Topliss-reactive ketones (excluding diaryl/α,β-unsaturated/α-hetero) is 1. The van der Waals surface area contributed by atoms with Crippen LogP contribution in [0.15, 0.2) is 18.2 Å². The van der Waals surface area contributed by atoms with Gasteiger partial charge in [0.2, 0.25) is 0 Å². The van der Waals surface area contributed by atoms with Gasteiger partial charge in [-0.15, -0.1) is 0 Å². The van der Waals surface area contributed by atoms with Crippen LogP contribution in [0.5, 0.6) is 0 Å². The molecule has 1 aliphatic heterocycles. The normalized spacial score (nSPS) is 21.6. The molecule has 0 amide bonds. The van der Waals surface area contributed by atoms with Gasteiger partial charge in [0.1, 0.15) is 12.2 Å². The first-order chi connectivity index (χ1) is 9.97. The van der Waals surface area contributed by atoms with Crippen LogP contribution in [0.3, 0.4) is 0 Å². The summed E-state index contributed by atoms with van der Waals surface area (Å²) in [6, 6.07) is 4.65. The molecular weight excluding hydrogens is 276 g/mol. The lowest BCUT2D eigenvalue weighted by Gasteiger charge is -2.18. The van der Waals surface area contributed by atoms with Crippen molar-refractivity contribution < 1.29 is 19.2 Å². The van der Waals surface area contributed by atoms with Crippen molar-refractivity contribution in [3.8, 4) is 0 Å². The molecular formula is C14H18N2O5. The van der Waals surface area contributed by atoms with Crippen molar-refractivity contribution in [3.63, 3.8) is 0 Å². The van der Waals surface area contributed by atoms with E-state index < -0.39 is 4.92 Å². The van der Waals surface area contributed by atoms with Gasteiger partial charge in [-0.25, -0.2) is 0 Å². The Morgan fingerprint density at radius 1 is 1.29 bits per heavy atom. The standard InChI is InChI=1S/C14H18N2O5/c1-9(17)11-5-4-10(6-12(11)16(18)19)15-7-13(20-2)14(8-15)21-3/h4-6,13-14H,7-8H2,1-3H3. The van der Waals surface area contributed by atoms with Crippen molar-refractivity contribution in [1.29, 1.82) is 0 Å². The molecule has 0 N–H and O–H groups in total. The van der Waals surface area contributed by atoms with E-state index in [2.05, 4.69) is 0 Å². The molecule has 1 aromatic carbocycles. The fourth-order valence-electron chi connectivity index (χ4n) is 2.57. The van der Waals surface area contributed by atoms with Gasteiger partial charge in [0.25, 0.3) is 5.69 Å². The second-order valence-corrected chi connectivity index (χ2v) is 4.97. The number of methoxy groups -OCH3 is 2. The highest BCUT2D eigenvalue weighted by molar-refractivity contribution is 5.98. The molecule has 0 saturated carbocycles. The van der Waals surface area contributed by atoms with Gasteiger partial charge in [0.15, 0.2) is 5.78 Å². The van der Waals surface area contributed by atoms with Gasteiger partial charge in [-0.1, -0.05) is 0 Å². The van der Waals surface area contributed by atoms with E-state index in [-0.39, 0.29) is 29.2 Å². The van der Waals surface area contributed by atoms with Gasteiger partial charge < -0.3 is 14.4 Å². The number of carbonyl (C=O) groups excluding carboxylic acids is 1. The molecule has 114 valence electrons. The van der Waals surface area contributed by atoms with E-state index in [1.165, 1.54) is 19.1 Å².